The maximum Gasteiger partial charge on any atom is 0.225 e. The smallest absolute Gasteiger partial charge is 0.225 e. The third-order valence-electron chi connectivity index (χ3n) is 2.90. The van der Waals surface area contributed by atoms with Gasteiger partial charge in [0.1, 0.15) is 0 Å². The lowest BCUT2D eigenvalue weighted by atomic mass is 10.2. The zero-order valence-corrected chi connectivity index (χ0v) is 12.4. The monoisotopic (exact) mass is 291 g/mol. The molecule has 2 N–H and O–H groups in total. The van der Waals surface area contributed by atoms with E-state index in [1.807, 2.05) is 18.0 Å². The predicted octanol–water partition coefficient (Wildman–Crippen LogP) is 0.826. The molecule has 6 heteroatoms. The van der Waals surface area contributed by atoms with E-state index < -0.39 is 6.10 Å². The van der Waals surface area contributed by atoms with Gasteiger partial charge in [-0.05, 0) is 31.3 Å². The van der Waals surface area contributed by atoms with Crippen molar-refractivity contribution < 1.29 is 14.6 Å². The Bertz CT molecular complexity index is 482. The van der Waals surface area contributed by atoms with Crippen LogP contribution in [-0.2, 0) is 9.53 Å². The van der Waals surface area contributed by atoms with Gasteiger partial charge in [0.15, 0.2) is 0 Å². The van der Waals surface area contributed by atoms with Gasteiger partial charge in [-0.1, -0.05) is 0 Å². The van der Waals surface area contributed by atoms with Crippen molar-refractivity contribution >= 4 is 11.6 Å². The summed E-state index contributed by atoms with van der Waals surface area (Å²) in [5, 5.41) is 21.0. The maximum absolute atomic E-state index is 11.8. The standard InChI is InChI=1S/C15H21N3O3/c1-18(10-14(19)11-21-2)8-7-15(20)17-13-5-3-12(9-16)4-6-13/h3-6,14,19H,7-8,10-11H2,1-2H3,(H,17,20). The van der Waals surface area contributed by atoms with Crippen LogP contribution in [0.5, 0.6) is 0 Å². The summed E-state index contributed by atoms with van der Waals surface area (Å²) in [7, 11) is 3.38. The first kappa shape index (κ1) is 17.1. The molecule has 21 heavy (non-hydrogen) atoms. The topological polar surface area (TPSA) is 85.6 Å². The van der Waals surface area contributed by atoms with Crippen molar-refractivity contribution in [2.75, 3.05) is 39.2 Å². The van der Waals surface area contributed by atoms with Crippen molar-refractivity contribution in [3.05, 3.63) is 29.8 Å². The maximum atomic E-state index is 11.8. The summed E-state index contributed by atoms with van der Waals surface area (Å²) in [6.45, 7) is 1.28. The van der Waals surface area contributed by atoms with Crippen LogP contribution >= 0.6 is 0 Å². The molecule has 0 spiro atoms. The van der Waals surface area contributed by atoms with E-state index in [9.17, 15) is 9.90 Å². The minimum Gasteiger partial charge on any atom is -0.389 e. The Morgan fingerprint density at radius 2 is 2.14 bits per heavy atom. The van der Waals surface area contributed by atoms with E-state index in [2.05, 4.69) is 5.32 Å². The molecule has 0 aliphatic heterocycles. The second kappa shape index (κ2) is 9.08. The van der Waals surface area contributed by atoms with Gasteiger partial charge in [0.25, 0.3) is 0 Å². The average molecular weight is 291 g/mol. The quantitative estimate of drug-likeness (QED) is 0.741. The lowest BCUT2D eigenvalue weighted by molar-refractivity contribution is -0.116. The molecule has 0 saturated heterocycles. The highest BCUT2D eigenvalue weighted by Crippen LogP contribution is 2.09. The highest BCUT2D eigenvalue weighted by atomic mass is 16.5. The largest absolute Gasteiger partial charge is 0.389 e. The van der Waals surface area contributed by atoms with Crippen molar-refractivity contribution in [3.8, 4) is 6.07 Å². The van der Waals surface area contributed by atoms with Gasteiger partial charge in [0, 0.05) is 32.3 Å². The summed E-state index contributed by atoms with van der Waals surface area (Å²) in [4.78, 5) is 13.7. The number of nitrogens with one attached hydrogen (secondary N) is 1. The molecular formula is C15H21N3O3. The van der Waals surface area contributed by atoms with Crippen LogP contribution in [-0.4, -0.2) is 55.9 Å². The van der Waals surface area contributed by atoms with Crippen LogP contribution in [0.15, 0.2) is 24.3 Å². The number of hydrogen-bond donors (Lipinski definition) is 2. The number of carbonyl (C=O) groups is 1. The van der Waals surface area contributed by atoms with Crippen molar-refractivity contribution in [3.63, 3.8) is 0 Å². The lowest BCUT2D eigenvalue weighted by Crippen LogP contribution is -2.33. The van der Waals surface area contributed by atoms with E-state index >= 15 is 0 Å². The third-order valence-corrected chi connectivity index (χ3v) is 2.90. The van der Waals surface area contributed by atoms with E-state index in [1.54, 1.807) is 24.3 Å². The highest BCUT2D eigenvalue weighted by Gasteiger charge is 2.09. The molecule has 1 rings (SSSR count). The van der Waals surface area contributed by atoms with Gasteiger partial charge in [0.05, 0.1) is 24.3 Å². The number of aliphatic hydroxyl groups is 1. The first-order valence-electron chi connectivity index (χ1n) is 6.70. The van der Waals surface area contributed by atoms with Crippen LogP contribution in [0.4, 0.5) is 5.69 Å². The fraction of sp³-hybridized carbons (Fsp3) is 0.467. The SMILES string of the molecule is COCC(O)CN(C)CCC(=O)Nc1ccc(C#N)cc1. The fourth-order valence-electron chi connectivity index (χ4n) is 1.84. The van der Waals surface area contributed by atoms with Crippen LogP contribution in [0.25, 0.3) is 0 Å². The van der Waals surface area contributed by atoms with E-state index in [0.717, 1.165) is 0 Å². The summed E-state index contributed by atoms with van der Waals surface area (Å²) in [5.74, 6) is -0.104. The zero-order chi connectivity index (χ0) is 15.7. The molecule has 6 nitrogen and oxygen atoms in total. The fourth-order valence-corrected chi connectivity index (χ4v) is 1.84. The first-order chi connectivity index (χ1) is 10.0. The summed E-state index contributed by atoms with van der Waals surface area (Å²) in [6, 6.07) is 8.73. The molecule has 1 aromatic carbocycles. The molecule has 1 atom stereocenters. The van der Waals surface area contributed by atoms with E-state index in [-0.39, 0.29) is 12.5 Å². The number of nitriles is 1. The van der Waals surface area contributed by atoms with Crippen molar-refractivity contribution in [1.82, 2.24) is 4.90 Å². The third kappa shape index (κ3) is 6.86. The summed E-state index contributed by atoms with van der Waals surface area (Å²) >= 11 is 0. The summed E-state index contributed by atoms with van der Waals surface area (Å²) in [6.07, 6.45) is -0.225. The number of rotatable bonds is 8. The normalized spacial score (nSPS) is 12.0. The Kier molecular flexibility index (Phi) is 7.40. The van der Waals surface area contributed by atoms with E-state index in [4.69, 9.17) is 10.00 Å². The van der Waals surface area contributed by atoms with Gasteiger partial charge in [-0.15, -0.1) is 0 Å². The molecule has 1 aromatic rings. The molecule has 0 aliphatic carbocycles. The molecule has 1 unspecified atom stereocenters. The highest BCUT2D eigenvalue weighted by molar-refractivity contribution is 5.90. The molecule has 114 valence electrons. The molecule has 0 bridgehead atoms. The number of hydrogen-bond acceptors (Lipinski definition) is 5. The minimum absolute atomic E-state index is 0.104. The molecule has 0 fully saturated rings. The summed E-state index contributed by atoms with van der Waals surface area (Å²) < 4.78 is 4.85. The first-order valence-corrected chi connectivity index (χ1v) is 6.70. The van der Waals surface area contributed by atoms with Gasteiger partial charge in [-0.25, -0.2) is 0 Å². The number of likely N-dealkylation sites (N-methyl/N-ethyl adjacent to an activating group) is 1. The minimum atomic E-state index is -0.554. The Morgan fingerprint density at radius 1 is 1.48 bits per heavy atom. The Hall–Kier alpha value is -1.94. The predicted molar refractivity (Wildman–Crippen MR) is 79.8 cm³/mol. The average Bonchev–Trinajstić information content (AvgIpc) is 2.46. The van der Waals surface area contributed by atoms with Gasteiger partial charge in [-0.2, -0.15) is 5.26 Å². The summed E-state index contributed by atoms with van der Waals surface area (Å²) in [5.41, 5.74) is 1.22. The van der Waals surface area contributed by atoms with Gasteiger partial charge in [0.2, 0.25) is 5.91 Å². The van der Waals surface area contributed by atoms with Crippen LogP contribution in [0, 0.1) is 11.3 Å². The van der Waals surface area contributed by atoms with Crippen LogP contribution < -0.4 is 5.32 Å². The van der Waals surface area contributed by atoms with Gasteiger partial charge < -0.3 is 20.1 Å². The number of aliphatic hydroxyl groups excluding tert-OH is 1. The van der Waals surface area contributed by atoms with Crippen LogP contribution in [0.1, 0.15) is 12.0 Å². The van der Waals surface area contributed by atoms with E-state index in [0.29, 0.717) is 30.8 Å². The molecule has 0 saturated carbocycles. The Labute approximate surface area is 124 Å². The molecule has 0 radical (unpaired) electrons. The number of anilines is 1. The molecule has 0 aliphatic rings. The van der Waals surface area contributed by atoms with Crippen molar-refractivity contribution in [1.29, 1.82) is 5.26 Å². The molecular weight excluding hydrogens is 270 g/mol. The van der Waals surface area contributed by atoms with E-state index in [1.165, 1.54) is 7.11 Å². The number of nitrogens with zero attached hydrogens (tertiary/aromatic N) is 2. The number of ether oxygens (including phenoxy) is 1. The second-order valence-electron chi connectivity index (χ2n) is 4.86. The van der Waals surface area contributed by atoms with Crippen molar-refractivity contribution in [2.45, 2.75) is 12.5 Å². The molecule has 0 aromatic heterocycles. The van der Waals surface area contributed by atoms with Crippen LogP contribution in [0.3, 0.4) is 0 Å². The van der Waals surface area contributed by atoms with Crippen molar-refractivity contribution in [2.24, 2.45) is 0 Å². The number of carbonyl (C=O) groups excluding carboxylic acids is 1. The Balaban J connectivity index is 2.31. The number of amides is 1. The molecule has 0 heterocycles. The van der Waals surface area contributed by atoms with Gasteiger partial charge >= 0.3 is 0 Å². The van der Waals surface area contributed by atoms with Gasteiger partial charge in [-0.3, -0.25) is 4.79 Å². The molecule has 1 amide bonds. The lowest BCUT2D eigenvalue weighted by Gasteiger charge is -2.19. The number of methoxy groups -OCH3 is 1. The van der Waals surface area contributed by atoms with Crippen LogP contribution in [0.2, 0.25) is 0 Å². The zero-order valence-electron chi connectivity index (χ0n) is 12.4. The Morgan fingerprint density at radius 3 is 2.71 bits per heavy atom. The second-order valence-corrected chi connectivity index (χ2v) is 4.86. The number of benzene rings is 1.